The maximum atomic E-state index is 12.8. The Hall–Kier alpha value is -1.65. The van der Waals surface area contributed by atoms with Crippen LogP contribution in [0.4, 0.5) is 13.2 Å². The van der Waals surface area contributed by atoms with Crippen LogP contribution in [0.5, 0.6) is 0 Å². The molecule has 0 aliphatic carbocycles. The van der Waals surface area contributed by atoms with Crippen molar-refractivity contribution in [3.63, 3.8) is 0 Å². The number of esters is 1. The molecule has 0 spiro atoms. The lowest BCUT2D eigenvalue weighted by Gasteiger charge is -2.31. The van der Waals surface area contributed by atoms with Crippen molar-refractivity contribution in [1.82, 2.24) is 9.03 Å². The number of nitrogens with zero attached hydrogens (tertiary/aromatic N) is 1. The van der Waals surface area contributed by atoms with Crippen LogP contribution in [0.15, 0.2) is 24.3 Å². The largest absolute Gasteiger partial charge is 0.466 e. The lowest BCUT2D eigenvalue weighted by Crippen LogP contribution is -2.46. The molecule has 1 heterocycles. The van der Waals surface area contributed by atoms with Crippen LogP contribution >= 0.6 is 0 Å². The summed E-state index contributed by atoms with van der Waals surface area (Å²) in [4.78, 5) is 11.7. The third kappa shape index (κ3) is 5.66. The average molecular weight is 408 g/mol. The van der Waals surface area contributed by atoms with Crippen molar-refractivity contribution in [2.24, 2.45) is 5.92 Å². The smallest absolute Gasteiger partial charge is 0.416 e. The van der Waals surface area contributed by atoms with E-state index in [4.69, 9.17) is 4.74 Å². The van der Waals surface area contributed by atoms with Crippen LogP contribution in [0.2, 0.25) is 0 Å². The fourth-order valence-corrected chi connectivity index (χ4v) is 4.37. The normalized spacial score (nSPS) is 18.3. The zero-order valence-electron chi connectivity index (χ0n) is 15.1. The minimum atomic E-state index is -4.50. The Balaban J connectivity index is 2.01. The predicted molar refractivity (Wildman–Crippen MR) is 92.8 cm³/mol. The lowest BCUT2D eigenvalue weighted by molar-refractivity contribution is -0.149. The molecule has 2 rings (SSSR count). The summed E-state index contributed by atoms with van der Waals surface area (Å²) in [5, 5.41) is 0. The molecular weight excluding hydrogens is 385 g/mol. The molecule has 27 heavy (non-hydrogen) atoms. The summed E-state index contributed by atoms with van der Waals surface area (Å²) in [7, 11) is -3.89. The summed E-state index contributed by atoms with van der Waals surface area (Å²) in [6.07, 6.45) is -3.81. The van der Waals surface area contributed by atoms with Gasteiger partial charge in [0.2, 0.25) is 0 Å². The summed E-state index contributed by atoms with van der Waals surface area (Å²) >= 11 is 0. The van der Waals surface area contributed by atoms with Gasteiger partial charge in [-0.15, -0.1) is 0 Å². The molecule has 10 heteroatoms. The molecule has 1 aliphatic rings. The van der Waals surface area contributed by atoms with Crippen LogP contribution in [0.25, 0.3) is 0 Å². The van der Waals surface area contributed by atoms with Gasteiger partial charge in [0.15, 0.2) is 0 Å². The Morgan fingerprint density at radius 2 is 1.96 bits per heavy atom. The molecule has 6 nitrogen and oxygen atoms in total. The summed E-state index contributed by atoms with van der Waals surface area (Å²) in [6.45, 7) is 3.75. The number of hydrogen-bond acceptors (Lipinski definition) is 4. The van der Waals surface area contributed by atoms with Crippen LogP contribution in [0.1, 0.15) is 43.9 Å². The van der Waals surface area contributed by atoms with Crippen LogP contribution in [0.3, 0.4) is 0 Å². The first-order chi connectivity index (χ1) is 12.5. The van der Waals surface area contributed by atoms with Gasteiger partial charge in [0.05, 0.1) is 18.1 Å². The van der Waals surface area contributed by atoms with Crippen molar-refractivity contribution in [2.75, 3.05) is 19.7 Å². The average Bonchev–Trinajstić information content (AvgIpc) is 2.61. The van der Waals surface area contributed by atoms with Crippen LogP contribution in [-0.4, -0.2) is 38.4 Å². The number of nitrogens with one attached hydrogen (secondary N) is 1. The Morgan fingerprint density at radius 3 is 2.52 bits per heavy atom. The van der Waals surface area contributed by atoms with Crippen molar-refractivity contribution >= 4 is 16.2 Å². The van der Waals surface area contributed by atoms with Gasteiger partial charge < -0.3 is 4.74 Å². The molecule has 152 valence electrons. The first kappa shape index (κ1) is 21.6. The Morgan fingerprint density at radius 1 is 1.33 bits per heavy atom. The highest BCUT2D eigenvalue weighted by Crippen LogP contribution is 2.31. The van der Waals surface area contributed by atoms with E-state index >= 15 is 0 Å². The fourth-order valence-electron chi connectivity index (χ4n) is 2.94. The van der Waals surface area contributed by atoms with Crippen molar-refractivity contribution in [2.45, 2.75) is 38.9 Å². The Labute approximate surface area is 156 Å². The second-order valence-corrected chi connectivity index (χ2v) is 8.10. The van der Waals surface area contributed by atoms with E-state index in [2.05, 4.69) is 4.72 Å². The van der Waals surface area contributed by atoms with Gasteiger partial charge in [-0.1, -0.05) is 12.1 Å². The standard InChI is InChI=1S/C17H23F3N2O4S/c1-3-26-16(23)13-7-9-22(10-8-13)27(24,25)21-12(2)14-5-4-6-15(11-14)17(18,19)20/h4-6,11-13,21H,3,7-10H2,1-2H3. The second-order valence-electron chi connectivity index (χ2n) is 6.39. The highest BCUT2D eigenvalue weighted by molar-refractivity contribution is 7.87. The number of piperidine rings is 1. The number of rotatable bonds is 6. The van der Waals surface area contributed by atoms with Gasteiger partial charge in [-0.3, -0.25) is 4.79 Å². The molecule has 1 aromatic rings. The number of ether oxygens (including phenoxy) is 1. The van der Waals surface area contributed by atoms with Gasteiger partial charge in [-0.05, 0) is 44.4 Å². The number of hydrogen-bond donors (Lipinski definition) is 1. The number of benzene rings is 1. The molecule has 0 saturated carbocycles. The molecule has 0 aromatic heterocycles. The number of carbonyl (C=O) groups excluding carboxylic acids is 1. The van der Waals surface area contributed by atoms with Gasteiger partial charge >= 0.3 is 12.1 Å². The highest BCUT2D eigenvalue weighted by Gasteiger charge is 2.33. The molecule has 0 bridgehead atoms. The van der Waals surface area contributed by atoms with E-state index in [0.717, 1.165) is 12.1 Å². The van der Waals surface area contributed by atoms with Gasteiger partial charge in [-0.25, -0.2) is 0 Å². The van der Waals surface area contributed by atoms with Gasteiger partial charge in [0.25, 0.3) is 10.2 Å². The van der Waals surface area contributed by atoms with E-state index in [0.29, 0.717) is 12.8 Å². The summed E-state index contributed by atoms with van der Waals surface area (Å²) in [6, 6.07) is 3.72. The minimum Gasteiger partial charge on any atom is -0.466 e. The molecule has 1 saturated heterocycles. The van der Waals surface area contributed by atoms with E-state index < -0.39 is 28.0 Å². The molecule has 0 amide bonds. The van der Waals surface area contributed by atoms with Crippen LogP contribution in [0, 0.1) is 5.92 Å². The molecule has 1 atom stereocenters. The maximum Gasteiger partial charge on any atom is 0.416 e. The topological polar surface area (TPSA) is 75.7 Å². The van der Waals surface area contributed by atoms with Gasteiger partial charge in [-0.2, -0.15) is 30.6 Å². The number of halogens is 3. The van der Waals surface area contributed by atoms with Gasteiger partial charge in [0, 0.05) is 19.1 Å². The monoisotopic (exact) mass is 408 g/mol. The Kier molecular flexibility index (Phi) is 6.87. The zero-order valence-corrected chi connectivity index (χ0v) is 15.9. The molecule has 0 radical (unpaired) electrons. The maximum absolute atomic E-state index is 12.8. The van der Waals surface area contributed by atoms with Gasteiger partial charge in [0.1, 0.15) is 0 Å². The highest BCUT2D eigenvalue weighted by atomic mass is 32.2. The number of carbonyl (C=O) groups is 1. The molecular formula is C17H23F3N2O4S. The van der Waals surface area contributed by atoms with E-state index in [1.165, 1.54) is 23.4 Å². The predicted octanol–water partition coefficient (Wildman–Crippen LogP) is 2.88. The van der Waals surface area contributed by atoms with Crippen molar-refractivity contribution in [1.29, 1.82) is 0 Å². The number of alkyl halides is 3. The van der Waals surface area contributed by atoms with E-state index in [1.54, 1.807) is 6.92 Å². The first-order valence-electron chi connectivity index (χ1n) is 8.65. The summed E-state index contributed by atoms with van der Waals surface area (Å²) in [5.74, 6) is -0.669. The molecule has 1 unspecified atom stereocenters. The second kappa shape index (κ2) is 8.57. The lowest BCUT2D eigenvalue weighted by atomic mass is 9.98. The first-order valence-corrected chi connectivity index (χ1v) is 10.1. The molecule has 1 aliphatic heterocycles. The summed E-state index contributed by atoms with van der Waals surface area (Å²) < 4.78 is 72.1. The third-order valence-corrected chi connectivity index (χ3v) is 6.15. The molecule has 1 fully saturated rings. The van der Waals surface area contributed by atoms with Crippen LogP contribution < -0.4 is 4.72 Å². The van der Waals surface area contributed by atoms with E-state index in [9.17, 15) is 26.4 Å². The fraction of sp³-hybridized carbons (Fsp3) is 0.588. The SMILES string of the molecule is CCOC(=O)C1CCN(S(=O)(=O)NC(C)c2cccc(C(F)(F)F)c2)CC1. The zero-order chi connectivity index (χ0) is 20.2. The van der Waals surface area contributed by atoms with Crippen molar-refractivity contribution in [3.05, 3.63) is 35.4 Å². The van der Waals surface area contributed by atoms with E-state index in [1.807, 2.05) is 0 Å². The summed E-state index contributed by atoms with van der Waals surface area (Å²) in [5.41, 5.74) is -0.615. The quantitative estimate of drug-likeness (QED) is 0.735. The minimum absolute atomic E-state index is 0.147. The Bertz CT molecular complexity index is 760. The molecule has 1 N–H and O–H groups in total. The van der Waals surface area contributed by atoms with E-state index in [-0.39, 0.29) is 37.1 Å². The third-order valence-electron chi connectivity index (χ3n) is 4.45. The molecule has 1 aromatic carbocycles. The van der Waals surface area contributed by atoms with Crippen LogP contribution in [-0.2, 0) is 25.9 Å². The van der Waals surface area contributed by atoms with Crippen molar-refractivity contribution < 1.29 is 31.1 Å². The van der Waals surface area contributed by atoms with Crippen molar-refractivity contribution in [3.8, 4) is 0 Å².